The van der Waals surface area contributed by atoms with E-state index in [-0.39, 0.29) is 19.4 Å². The van der Waals surface area contributed by atoms with Gasteiger partial charge in [0.2, 0.25) is 0 Å². The average molecular weight is 787 g/mol. The van der Waals surface area contributed by atoms with Gasteiger partial charge in [-0.1, -0.05) is 206 Å². The first-order valence-corrected chi connectivity index (χ1v) is 24.5. The van der Waals surface area contributed by atoms with Crippen molar-refractivity contribution in [3.8, 4) is 0 Å². The SMILES string of the molecule is CCCCCC/C=C/CCCCCCCC(=O)O[C@H](COC(=O)CCCCCCCCCCCCCCCCCCCCCCCCC)COP(=O)(O)O. The van der Waals surface area contributed by atoms with Crippen molar-refractivity contribution in [1.82, 2.24) is 0 Å². The van der Waals surface area contributed by atoms with Crippen LogP contribution in [0.5, 0.6) is 0 Å². The number of allylic oxidation sites excluding steroid dienone is 2. The molecule has 0 aromatic heterocycles. The second-order valence-electron chi connectivity index (χ2n) is 15.7. The van der Waals surface area contributed by atoms with Gasteiger partial charge >= 0.3 is 19.8 Å². The number of unbranched alkanes of at least 4 members (excludes halogenated alkanes) is 31. The highest BCUT2D eigenvalue weighted by Gasteiger charge is 2.23. The third kappa shape index (κ3) is 43.5. The summed E-state index contributed by atoms with van der Waals surface area (Å²) in [7, 11) is -4.75. The fourth-order valence-corrected chi connectivity index (χ4v) is 7.20. The normalized spacial score (nSPS) is 12.4. The lowest BCUT2D eigenvalue weighted by Gasteiger charge is -2.18. The molecule has 0 spiro atoms. The van der Waals surface area contributed by atoms with E-state index in [2.05, 4.69) is 30.5 Å². The molecular formula is C45H87O8P. The Labute approximate surface area is 333 Å². The van der Waals surface area contributed by atoms with E-state index in [0.717, 1.165) is 51.4 Å². The molecule has 0 rings (SSSR count). The molecule has 0 amide bonds. The van der Waals surface area contributed by atoms with Crippen LogP contribution in [0.2, 0.25) is 0 Å². The standard InChI is InChI=1S/C45H87O8P/c1-3-5-7-9-11-13-15-17-18-19-20-21-22-23-24-25-26-28-29-31-33-35-37-39-44(46)51-41-43(42-52-54(48,49)50)53-45(47)40-38-36-34-32-30-27-16-14-12-10-8-6-4-2/h14,16,43H,3-13,15,17-42H2,1-2H3,(H2,48,49,50)/b16-14+/t43-/m1/s1. The molecule has 1 atom stereocenters. The van der Waals surface area contributed by atoms with Gasteiger partial charge in [-0.15, -0.1) is 0 Å². The van der Waals surface area contributed by atoms with Crippen LogP contribution in [-0.2, 0) is 28.2 Å². The lowest BCUT2D eigenvalue weighted by molar-refractivity contribution is -0.161. The zero-order chi connectivity index (χ0) is 39.6. The first kappa shape index (κ1) is 52.8. The van der Waals surface area contributed by atoms with Crippen LogP contribution in [0.25, 0.3) is 0 Å². The summed E-state index contributed by atoms with van der Waals surface area (Å²) < 4.78 is 26.4. The molecular weight excluding hydrogens is 699 g/mol. The molecule has 54 heavy (non-hydrogen) atoms. The number of rotatable bonds is 43. The van der Waals surface area contributed by atoms with E-state index in [1.807, 2.05) is 0 Å². The first-order chi connectivity index (χ1) is 26.3. The lowest BCUT2D eigenvalue weighted by Crippen LogP contribution is -2.29. The Kier molecular flexibility index (Phi) is 40.5. The van der Waals surface area contributed by atoms with Crippen LogP contribution >= 0.6 is 7.82 Å². The molecule has 0 radical (unpaired) electrons. The van der Waals surface area contributed by atoms with Crippen LogP contribution in [0.1, 0.15) is 245 Å². The van der Waals surface area contributed by atoms with Gasteiger partial charge in [0, 0.05) is 12.8 Å². The fraction of sp³-hybridized carbons (Fsp3) is 0.911. The van der Waals surface area contributed by atoms with E-state index >= 15 is 0 Å². The van der Waals surface area contributed by atoms with Gasteiger partial charge in [0.05, 0.1) is 6.61 Å². The minimum absolute atomic E-state index is 0.206. The van der Waals surface area contributed by atoms with Gasteiger partial charge in [-0.05, 0) is 38.5 Å². The number of ether oxygens (including phenoxy) is 2. The van der Waals surface area contributed by atoms with E-state index in [1.165, 1.54) is 161 Å². The molecule has 0 saturated carbocycles. The Bertz CT molecular complexity index is 889. The summed E-state index contributed by atoms with van der Waals surface area (Å²) in [5.74, 6) is -0.881. The van der Waals surface area contributed by atoms with E-state index in [1.54, 1.807) is 0 Å². The zero-order valence-electron chi connectivity index (χ0n) is 35.4. The Morgan fingerprint density at radius 1 is 0.463 bits per heavy atom. The zero-order valence-corrected chi connectivity index (χ0v) is 36.3. The highest BCUT2D eigenvalue weighted by molar-refractivity contribution is 7.46. The summed E-state index contributed by atoms with van der Waals surface area (Å²) in [6.07, 6.45) is 46.6. The van der Waals surface area contributed by atoms with Gasteiger partial charge in [-0.3, -0.25) is 14.1 Å². The molecule has 320 valence electrons. The quantitative estimate of drug-likeness (QED) is 0.0271. The van der Waals surface area contributed by atoms with Crippen LogP contribution in [-0.4, -0.2) is 41.0 Å². The monoisotopic (exact) mass is 787 g/mol. The van der Waals surface area contributed by atoms with Crippen molar-refractivity contribution in [3.05, 3.63) is 12.2 Å². The van der Waals surface area contributed by atoms with Gasteiger partial charge in [0.1, 0.15) is 6.61 Å². The van der Waals surface area contributed by atoms with Gasteiger partial charge in [0.25, 0.3) is 0 Å². The minimum Gasteiger partial charge on any atom is -0.462 e. The predicted molar refractivity (Wildman–Crippen MR) is 226 cm³/mol. The van der Waals surface area contributed by atoms with Crippen LogP contribution in [0.4, 0.5) is 0 Å². The van der Waals surface area contributed by atoms with Gasteiger partial charge in [-0.25, -0.2) is 4.57 Å². The largest absolute Gasteiger partial charge is 0.469 e. The van der Waals surface area contributed by atoms with E-state index in [4.69, 9.17) is 19.3 Å². The maximum absolute atomic E-state index is 12.4. The fourth-order valence-electron chi connectivity index (χ4n) is 6.84. The van der Waals surface area contributed by atoms with Crippen molar-refractivity contribution in [1.29, 1.82) is 0 Å². The molecule has 0 aliphatic rings. The van der Waals surface area contributed by atoms with Gasteiger partial charge in [-0.2, -0.15) is 0 Å². The smallest absolute Gasteiger partial charge is 0.462 e. The summed E-state index contributed by atoms with van der Waals surface area (Å²) in [5.41, 5.74) is 0. The molecule has 0 fully saturated rings. The van der Waals surface area contributed by atoms with Crippen molar-refractivity contribution >= 4 is 19.8 Å². The van der Waals surface area contributed by atoms with Crippen molar-refractivity contribution in [2.45, 2.75) is 251 Å². The van der Waals surface area contributed by atoms with Gasteiger partial charge in [0.15, 0.2) is 6.10 Å². The molecule has 9 heteroatoms. The van der Waals surface area contributed by atoms with E-state index in [9.17, 15) is 14.2 Å². The topological polar surface area (TPSA) is 119 Å². The molecule has 0 heterocycles. The number of carbonyl (C=O) groups is 2. The second-order valence-corrected chi connectivity index (χ2v) is 17.0. The molecule has 0 aliphatic heterocycles. The van der Waals surface area contributed by atoms with Crippen LogP contribution in [0, 0.1) is 0 Å². The predicted octanol–water partition coefficient (Wildman–Crippen LogP) is 14.2. The summed E-state index contributed by atoms with van der Waals surface area (Å²) in [4.78, 5) is 42.9. The van der Waals surface area contributed by atoms with E-state index in [0.29, 0.717) is 6.42 Å². The third-order valence-electron chi connectivity index (χ3n) is 10.3. The van der Waals surface area contributed by atoms with Crippen LogP contribution in [0.15, 0.2) is 12.2 Å². The highest BCUT2D eigenvalue weighted by atomic mass is 31.2. The summed E-state index contributed by atoms with van der Waals surface area (Å²) in [6.45, 7) is 3.69. The average Bonchev–Trinajstić information content (AvgIpc) is 3.14. The molecule has 0 bridgehead atoms. The number of esters is 2. The molecule has 0 unspecified atom stereocenters. The summed E-state index contributed by atoms with van der Waals surface area (Å²) in [6, 6.07) is 0. The first-order valence-electron chi connectivity index (χ1n) is 23.0. The second kappa shape index (κ2) is 41.4. The van der Waals surface area contributed by atoms with Crippen LogP contribution in [0.3, 0.4) is 0 Å². The number of hydrogen-bond acceptors (Lipinski definition) is 6. The molecule has 0 aromatic carbocycles. The van der Waals surface area contributed by atoms with Crippen molar-refractivity contribution in [2.75, 3.05) is 13.2 Å². The molecule has 8 nitrogen and oxygen atoms in total. The number of carbonyl (C=O) groups excluding carboxylic acids is 2. The maximum Gasteiger partial charge on any atom is 0.469 e. The number of phosphoric ester groups is 1. The number of hydrogen-bond donors (Lipinski definition) is 2. The Morgan fingerprint density at radius 3 is 1.15 bits per heavy atom. The van der Waals surface area contributed by atoms with Crippen molar-refractivity contribution in [3.63, 3.8) is 0 Å². The van der Waals surface area contributed by atoms with Crippen LogP contribution < -0.4 is 0 Å². The minimum atomic E-state index is -4.75. The molecule has 0 aliphatic carbocycles. The molecule has 2 N–H and O–H groups in total. The summed E-state index contributed by atoms with van der Waals surface area (Å²) >= 11 is 0. The lowest BCUT2D eigenvalue weighted by atomic mass is 10.0. The Balaban J connectivity index is 3.77. The van der Waals surface area contributed by atoms with Gasteiger partial charge < -0.3 is 19.3 Å². The third-order valence-corrected chi connectivity index (χ3v) is 10.8. The summed E-state index contributed by atoms with van der Waals surface area (Å²) in [5, 5.41) is 0. The molecule has 0 aromatic rings. The highest BCUT2D eigenvalue weighted by Crippen LogP contribution is 2.36. The number of phosphoric acid groups is 1. The Hall–Kier alpha value is -1.21. The Morgan fingerprint density at radius 2 is 0.778 bits per heavy atom. The van der Waals surface area contributed by atoms with Crippen molar-refractivity contribution < 1.29 is 37.9 Å². The van der Waals surface area contributed by atoms with E-state index < -0.39 is 32.5 Å². The maximum atomic E-state index is 12.4. The van der Waals surface area contributed by atoms with Crippen molar-refractivity contribution in [2.24, 2.45) is 0 Å². The molecule has 0 saturated heterocycles.